The van der Waals surface area contributed by atoms with Gasteiger partial charge in [0.2, 0.25) is 0 Å². The van der Waals surface area contributed by atoms with E-state index in [1.54, 1.807) is 12.4 Å². The van der Waals surface area contributed by atoms with Gasteiger partial charge in [0.15, 0.2) is 0 Å². The van der Waals surface area contributed by atoms with Gasteiger partial charge in [-0.25, -0.2) is 4.98 Å². The van der Waals surface area contributed by atoms with Gasteiger partial charge >= 0.3 is 0 Å². The lowest BCUT2D eigenvalue weighted by molar-refractivity contribution is 0.921. The summed E-state index contributed by atoms with van der Waals surface area (Å²) >= 11 is 5.93. The van der Waals surface area contributed by atoms with Crippen molar-refractivity contribution in [2.75, 3.05) is 0 Å². The molecule has 0 radical (unpaired) electrons. The van der Waals surface area contributed by atoms with Crippen LogP contribution in [-0.4, -0.2) is 14.5 Å². The fourth-order valence-electron chi connectivity index (χ4n) is 2.10. The van der Waals surface area contributed by atoms with Gasteiger partial charge in [-0.3, -0.25) is 4.98 Å². The molecule has 1 aromatic carbocycles. The van der Waals surface area contributed by atoms with Crippen molar-refractivity contribution in [3.63, 3.8) is 0 Å². The third kappa shape index (κ3) is 2.25. The predicted octanol–water partition coefficient (Wildman–Crippen LogP) is 3.80. The normalized spacial score (nSPS) is 10.6. The van der Waals surface area contributed by atoms with Gasteiger partial charge in [-0.15, -0.1) is 0 Å². The first-order valence-electron chi connectivity index (χ1n) is 5.93. The minimum Gasteiger partial charge on any atom is -0.333 e. The second-order valence-electron chi connectivity index (χ2n) is 4.30. The number of hydrogen-bond acceptors (Lipinski definition) is 2. The van der Waals surface area contributed by atoms with E-state index in [1.165, 1.54) is 0 Å². The van der Waals surface area contributed by atoms with Crippen LogP contribution in [-0.2, 0) is 7.05 Å². The summed E-state index contributed by atoms with van der Waals surface area (Å²) in [5.41, 5.74) is 4.17. The zero-order valence-electron chi connectivity index (χ0n) is 10.4. The molecule has 0 fully saturated rings. The first-order valence-corrected chi connectivity index (χ1v) is 6.31. The minimum atomic E-state index is 0.727. The lowest BCUT2D eigenvalue weighted by Gasteiger charge is -2.06. The molecule has 4 heteroatoms. The maximum absolute atomic E-state index is 5.93. The van der Waals surface area contributed by atoms with Gasteiger partial charge in [0, 0.05) is 35.6 Å². The number of nitrogens with zero attached hydrogens (tertiary/aromatic N) is 3. The van der Waals surface area contributed by atoms with Crippen molar-refractivity contribution in [2.45, 2.75) is 0 Å². The number of aromatic nitrogens is 3. The Morgan fingerprint density at radius 1 is 0.947 bits per heavy atom. The summed E-state index contributed by atoms with van der Waals surface area (Å²) in [6, 6.07) is 11.7. The van der Waals surface area contributed by atoms with Crippen molar-refractivity contribution in [3.05, 3.63) is 60.1 Å². The van der Waals surface area contributed by atoms with Gasteiger partial charge in [-0.05, 0) is 24.3 Å². The average Bonchev–Trinajstić information content (AvgIpc) is 2.82. The monoisotopic (exact) mass is 269 g/mol. The molecule has 3 nitrogen and oxygen atoms in total. The average molecular weight is 270 g/mol. The molecule has 3 rings (SSSR count). The quantitative estimate of drug-likeness (QED) is 0.708. The predicted molar refractivity (Wildman–Crippen MR) is 76.9 cm³/mol. The molecule has 94 valence electrons. The fourth-order valence-corrected chi connectivity index (χ4v) is 2.23. The number of hydrogen-bond donors (Lipinski definition) is 0. The Kier molecular flexibility index (Phi) is 3.05. The number of imidazole rings is 1. The molecule has 0 aliphatic rings. The van der Waals surface area contributed by atoms with E-state index in [4.69, 9.17) is 11.6 Å². The van der Waals surface area contributed by atoms with Crippen LogP contribution in [0.3, 0.4) is 0 Å². The molecule has 0 saturated carbocycles. The molecular formula is C15H12ClN3. The summed E-state index contributed by atoms with van der Waals surface area (Å²) in [5.74, 6) is 0. The molecule has 0 saturated heterocycles. The summed E-state index contributed by atoms with van der Waals surface area (Å²) in [5, 5.41) is 0.727. The Morgan fingerprint density at radius 2 is 1.63 bits per heavy atom. The molecule has 0 bridgehead atoms. The van der Waals surface area contributed by atoms with E-state index >= 15 is 0 Å². The fraction of sp³-hybridized carbons (Fsp3) is 0.0667. The number of pyridine rings is 1. The first-order chi connectivity index (χ1) is 9.25. The largest absolute Gasteiger partial charge is 0.333 e. The number of halogens is 1. The lowest BCUT2D eigenvalue weighted by atomic mass is 10.1. The lowest BCUT2D eigenvalue weighted by Crippen LogP contribution is -1.91. The molecule has 19 heavy (non-hydrogen) atoms. The molecule has 3 aromatic rings. The van der Waals surface area contributed by atoms with Crippen molar-refractivity contribution in [3.8, 4) is 22.5 Å². The molecule has 0 aliphatic heterocycles. The maximum Gasteiger partial charge on any atom is 0.0963 e. The Balaban J connectivity index is 2.16. The third-order valence-corrected chi connectivity index (χ3v) is 3.26. The van der Waals surface area contributed by atoms with Crippen molar-refractivity contribution < 1.29 is 0 Å². The van der Waals surface area contributed by atoms with Crippen molar-refractivity contribution in [1.29, 1.82) is 0 Å². The topological polar surface area (TPSA) is 30.7 Å². The van der Waals surface area contributed by atoms with Gasteiger partial charge in [-0.2, -0.15) is 0 Å². The van der Waals surface area contributed by atoms with Crippen LogP contribution in [0.25, 0.3) is 22.5 Å². The highest BCUT2D eigenvalue weighted by Crippen LogP contribution is 2.30. The van der Waals surface area contributed by atoms with Crippen LogP contribution in [0.2, 0.25) is 5.02 Å². The molecule has 0 N–H and O–H groups in total. The van der Waals surface area contributed by atoms with Gasteiger partial charge in [-0.1, -0.05) is 23.7 Å². The Bertz CT molecular complexity index is 687. The minimum absolute atomic E-state index is 0.727. The maximum atomic E-state index is 5.93. The van der Waals surface area contributed by atoms with Crippen LogP contribution in [0.1, 0.15) is 0 Å². The van der Waals surface area contributed by atoms with Crippen LogP contribution in [0.5, 0.6) is 0 Å². The van der Waals surface area contributed by atoms with Crippen LogP contribution in [0.4, 0.5) is 0 Å². The van der Waals surface area contributed by atoms with Gasteiger partial charge in [0.05, 0.1) is 17.7 Å². The van der Waals surface area contributed by atoms with Gasteiger partial charge in [0.1, 0.15) is 0 Å². The molecule has 0 aliphatic carbocycles. The van der Waals surface area contributed by atoms with E-state index in [9.17, 15) is 0 Å². The van der Waals surface area contributed by atoms with E-state index in [-0.39, 0.29) is 0 Å². The van der Waals surface area contributed by atoms with E-state index in [0.717, 1.165) is 27.5 Å². The van der Waals surface area contributed by atoms with Crippen LogP contribution < -0.4 is 0 Å². The highest BCUT2D eigenvalue weighted by atomic mass is 35.5. The molecule has 0 amide bonds. The van der Waals surface area contributed by atoms with Crippen molar-refractivity contribution in [1.82, 2.24) is 14.5 Å². The second kappa shape index (κ2) is 4.86. The number of rotatable bonds is 2. The van der Waals surface area contributed by atoms with E-state index in [0.29, 0.717) is 0 Å². The second-order valence-corrected chi connectivity index (χ2v) is 4.73. The van der Waals surface area contributed by atoms with Crippen LogP contribution in [0, 0.1) is 0 Å². The van der Waals surface area contributed by atoms with Crippen molar-refractivity contribution in [2.24, 2.45) is 7.05 Å². The summed E-state index contributed by atoms with van der Waals surface area (Å²) in [6.45, 7) is 0. The zero-order valence-corrected chi connectivity index (χ0v) is 11.2. The summed E-state index contributed by atoms with van der Waals surface area (Å²) in [6.07, 6.45) is 5.39. The molecule has 0 atom stereocenters. The zero-order chi connectivity index (χ0) is 13.2. The van der Waals surface area contributed by atoms with Gasteiger partial charge < -0.3 is 4.57 Å². The Labute approximate surface area is 116 Å². The van der Waals surface area contributed by atoms with E-state index < -0.39 is 0 Å². The highest BCUT2D eigenvalue weighted by Gasteiger charge is 2.12. The number of aryl methyl sites for hydroxylation is 1. The smallest absolute Gasteiger partial charge is 0.0963 e. The molecule has 2 heterocycles. The van der Waals surface area contributed by atoms with Crippen LogP contribution >= 0.6 is 11.6 Å². The molecular weight excluding hydrogens is 258 g/mol. The molecule has 0 unspecified atom stereocenters. The third-order valence-electron chi connectivity index (χ3n) is 3.01. The van der Waals surface area contributed by atoms with E-state index in [2.05, 4.69) is 9.97 Å². The van der Waals surface area contributed by atoms with Gasteiger partial charge in [0.25, 0.3) is 0 Å². The molecule has 0 spiro atoms. The van der Waals surface area contributed by atoms with E-state index in [1.807, 2.05) is 54.3 Å². The highest BCUT2D eigenvalue weighted by molar-refractivity contribution is 6.30. The van der Waals surface area contributed by atoms with Crippen LogP contribution in [0.15, 0.2) is 55.1 Å². The standard InChI is InChI=1S/C15H12ClN3/c1-19-10-18-14(11-2-4-13(16)5-3-11)15(19)12-6-8-17-9-7-12/h2-10H,1H3. The SMILES string of the molecule is Cn1cnc(-c2ccc(Cl)cc2)c1-c1ccncc1. The molecule has 2 aromatic heterocycles. The summed E-state index contributed by atoms with van der Waals surface area (Å²) < 4.78 is 2.01. The Hall–Kier alpha value is -2.13. The number of benzene rings is 1. The Morgan fingerprint density at radius 3 is 2.32 bits per heavy atom. The summed E-state index contributed by atoms with van der Waals surface area (Å²) in [7, 11) is 1.99. The van der Waals surface area contributed by atoms with Crippen molar-refractivity contribution >= 4 is 11.6 Å². The summed E-state index contributed by atoms with van der Waals surface area (Å²) in [4.78, 5) is 8.54. The first kappa shape index (κ1) is 11.9.